The van der Waals surface area contributed by atoms with Crippen molar-refractivity contribution >= 4 is 23.0 Å². The molecule has 0 amide bonds. The molecule has 3 heterocycles. The molecule has 2 unspecified atom stereocenters. The fourth-order valence-electron chi connectivity index (χ4n) is 4.80. The van der Waals surface area contributed by atoms with Gasteiger partial charge in [0.1, 0.15) is 5.75 Å². The standard InChI is InChI=1S/C26H32N4OS/c1-16(2)29-18(5)15-22(19(29)6)25-24(23-9-7-8-14-27-23)28-26(32)30(25)20-10-12-21(13-11-20)31-17(3)4/h7-17,24-25H,1-6H3,(H,28,32). The van der Waals surface area contributed by atoms with Gasteiger partial charge in [-0.2, -0.15) is 0 Å². The highest BCUT2D eigenvalue weighted by Crippen LogP contribution is 2.44. The lowest BCUT2D eigenvalue weighted by molar-refractivity contribution is 0.242. The number of ether oxygens (including phenoxy) is 1. The first-order valence-corrected chi connectivity index (χ1v) is 11.6. The van der Waals surface area contributed by atoms with Crippen LogP contribution in [0.4, 0.5) is 5.69 Å². The van der Waals surface area contributed by atoms with Crippen LogP contribution in [0.2, 0.25) is 0 Å². The van der Waals surface area contributed by atoms with Crippen molar-refractivity contribution in [3.8, 4) is 5.75 Å². The summed E-state index contributed by atoms with van der Waals surface area (Å²) >= 11 is 5.86. The second kappa shape index (κ2) is 8.94. The van der Waals surface area contributed by atoms with Gasteiger partial charge >= 0.3 is 0 Å². The number of thiocarbonyl (C=S) groups is 1. The van der Waals surface area contributed by atoms with E-state index >= 15 is 0 Å². The smallest absolute Gasteiger partial charge is 0.174 e. The number of aromatic nitrogens is 2. The quantitative estimate of drug-likeness (QED) is 0.465. The van der Waals surface area contributed by atoms with Crippen LogP contribution >= 0.6 is 12.2 Å². The Hall–Kier alpha value is -2.86. The Morgan fingerprint density at radius 2 is 1.75 bits per heavy atom. The van der Waals surface area contributed by atoms with Crippen LogP contribution in [0.1, 0.15) is 68.5 Å². The fourth-order valence-corrected chi connectivity index (χ4v) is 5.15. The molecule has 0 spiro atoms. The number of hydrogen-bond donors (Lipinski definition) is 1. The zero-order chi connectivity index (χ0) is 23.0. The minimum Gasteiger partial charge on any atom is -0.491 e. The third-order valence-electron chi connectivity index (χ3n) is 5.94. The van der Waals surface area contributed by atoms with Crippen LogP contribution in [0.5, 0.6) is 5.75 Å². The average Bonchev–Trinajstić information content (AvgIpc) is 3.24. The van der Waals surface area contributed by atoms with Gasteiger partial charge in [0.2, 0.25) is 0 Å². The third-order valence-corrected chi connectivity index (χ3v) is 6.26. The fraction of sp³-hybridized carbons (Fsp3) is 0.385. The van der Waals surface area contributed by atoms with E-state index in [9.17, 15) is 0 Å². The Kier molecular flexibility index (Phi) is 6.24. The first kappa shape index (κ1) is 22.3. The molecule has 0 saturated carbocycles. The molecule has 1 N–H and O–H groups in total. The highest BCUT2D eigenvalue weighted by atomic mass is 32.1. The van der Waals surface area contributed by atoms with Gasteiger partial charge in [-0.15, -0.1) is 0 Å². The van der Waals surface area contributed by atoms with E-state index in [1.807, 2.05) is 44.3 Å². The molecule has 0 bridgehead atoms. The highest BCUT2D eigenvalue weighted by molar-refractivity contribution is 7.80. The van der Waals surface area contributed by atoms with Crippen molar-refractivity contribution < 1.29 is 4.74 Å². The third kappa shape index (κ3) is 4.11. The first-order valence-electron chi connectivity index (χ1n) is 11.2. The zero-order valence-electron chi connectivity index (χ0n) is 19.7. The lowest BCUT2D eigenvalue weighted by Gasteiger charge is -2.28. The molecule has 3 aromatic rings. The number of aryl methyl sites for hydroxylation is 1. The van der Waals surface area contributed by atoms with E-state index in [1.54, 1.807) is 0 Å². The van der Waals surface area contributed by atoms with E-state index in [0.717, 1.165) is 17.1 Å². The molecule has 2 aromatic heterocycles. The molecule has 1 aliphatic heterocycles. The minimum absolute atomic E-state index is 0.00651. The zero-order valence-corrected chi connectivity index (χ0v) is 20.5. The van der Waals surface area contributed by atoms with Crippen molar-refractivity contribution in [2.24, 2.45) is 0 Å². The van der Waals surface area contributed by atoms with Crippen LogP contribution in [0.3, 0.4) is 0 Å². The summed E-state index contributed by atoms with van der Waals surface area (Å²) in [6, 6.07) is 16.9. The number of nitrogens with zero attached hydrogens (tertiary/aromatic N) is 3. The van der Waals surface area contributed by atoms with E-state index in [1.165, 1.54) is 17.0 Å². The normalized spacial score (nSPS) is 18.5. The number of rotatable bonds is 6. The number of benzene rings is 1. The van der Waals surface area contributed by atoms with Crippen LogP contribution < -0.4 is 15.0 Å². The SMILES string of the molecule is Cc1cc(C2C(c3ccccn3)NC(=S)N2c2ccc(OC(C)C)cc2)c(C)n1C(C)C. The van der Waals surface area contributed by atoms with Crippen molar-refractivity contribution in [2.45, 2.75) is 65.8 Å². The van der Waals surface area contributed by atoms with E-state index in [-0.39, 0.29) is 18.2 Å². The topological polar surface area (TPSA) is 42.3 Å². The molecule has 1 saturated heterocycles. The molecule has 1 fully saturated rings. The Labute approximate surface area is 196 Å². The van der Waals surface area contributed by atoms with Gasteiger partial charge < -0.3 is 19.5 Å². The van der Waals surface area contributed by atoms with Gasteiger partial charge in [-0.3, -0.25) is 4.98 Å². The predicted molar refractivity (Wildman–Crippen MR) is 134 cm³/mol. The maximum Gasteiger partial charge on any atom is 0.174 e. The number of anilines is 1. The van der Waals surface area contributed by atoms with Crippen molar-refractivity contribution in [2.75, 3.05) is 4.90 Å². The van der Waals surface area contributed by atoms with E-state index in [0.29, 0.717) is 11.2 Å². The Morgan fingerprint density at radius 1 is 1.03 bits per heavy atom. The summed E-state index contributed by atoms with van der Waals surface area (Å²) in [5.41, 5.74) is 5.81. The number of nitrogens with one attached hydrogen (secondary N) is 1. The lowest BCUT2D eigenvalue weighted by Crippen LogP contribution is -2.29. The summed E-state index contributed by atoms with van der Waals surface area (Å²) in [5.74, 6) is 0.859. The van der Waals surface area contributed by atoms with Crippen molar-refractivity contribution in [1.29, 1.82) is 0 Å². The molecule has 6 heteroatoms. The second-order valence-corrected chi connectivity index (χ2v) is 9.33. The van der Waals surface area contributed by atoms with Gasteiger partial charge in [0, 0.05) is 29.3 Å². The Balaban J connectivity index is 1.81. The lowest BCUT2D eigenvalue weighted by atomic mass is 9.96. The molecule has 5 nitrogen and oxygen atoms in total. The van der Waals surface area contributed by atoms with Gasteiger partial charge in [0.05, 0.1) is 23.9 Å². The van der Waals surface area contributed by atoms with E-state index in [2.05, 4.69) is 71.7 Å². The summed E-state index contributed by atoms with van der Waals surface area (Å²) in [7, 11) is 0. The molecule has 4 rings (SSSR count). The average molecular weight is 449 g/mol. The van der Waals surface area contributed by atoms with Gasteiger partial charge in [0.15, 0.2) is 5.11 Å². The summed E-state index contributed by atoms with van der Waals surface area (Å²) in [4.78, 5) is 6.89. The molecule has 32 heavy (non-hydrogen) atoms. The molecule has 0 radical (unpaired) electrons. The minimum atomic E-state index is -0.0450. The summed E-state index contributed by atoms with van der Waals surface area (Å²) in [6.07, 6.45) is 1.98. The van der Waals surface area contributed by atoms with Gasteiger partial charge in [-0.05, 0) is 102 Å². The van der Waals surface area contributed by atoms with Crippen molar-refractivity contribution in [3.63, 3.8) is 0 Å². The first-order chi connectivity index (χ1) is 15.3. The van der Waals surface area contributed by atoms with E-state index < -0.39 is 0 Å². The van der Waals surface area contributed by atoms with Crippen molar-refractivity contribution in [3.05, 3.63) is 77.4 Å². The number of hydrogen-bond acceptors (Lipinski definition) is 3. The second-order valence-electron chi connectivity index (χ2n) is 8.95. The predicted octanol–water partition coefficient (Wildman–Crippen LogP) is 6.05. The van der Waals surface area contributed by atoms with Crippen LogP contribution in [0.25, 0.3) is 0 Å². The maximum atomic E-state index is 5.86. The molecular formula is C26H32N4OS. The maximum absolute atomic E-state index is 5.86. The monoisotopic (exact) mass is 448 g/mol. The highest BCUT2D eigenvalue weighted by Gasteiger charge is 2.42. The number of pyridine rings is 1. The summed E-state index contributed by atoms with van der Waals surface area (Å²) in [5, 5.41) is 4.26. The molecule has 2 atom stereocenters. The molecule has 1 aliphatic rings. The van der Waals surface area contributed by atoms with Gasteiger partial charge in [-0.1, -0.05) is 6.07 Å². The summed E-state index contributed by atoms with van der Waals surface area (Å²) < 4.78 is 8.24. The molecule has 0 aliphatic carbocycles. The van der Waals surface area contributed by atoms with Gasteiger partial charge in [-0.25, -0.2) is 0 Å². The van der Waals surface area contributed by atoms with E-state index in [4.69, 9.17) is 17.0 Å². The van der Waals surface area contributed by atoms with Crippen LogP contribution in [0, 0.1) is 13.8 Å². The van der Waals surface area contributed by atoms with Gasteiger partial charge in [0.25, 0.3) is 0 Å². The molecule has 1 aromatic carbocycles. The summed E-state index contributed by atoms with van der Waals surface area (Å²) in [6.45, 7) is 12.9. The van der Waals surface area contributed by atoms with Crippen molar-refractivity contribution in [1.82, 2.24) is 14.9 Å². The largest absolute Gasteiger partial charge is 0.491 e. The Bertz CT molecular complexity index is 1090. The van der Waals surface area contributed by atoms with Crippen LogP contribution in [0.15, 0.2) is 54.7 Å². The van der Waals surface area contributed by atoms with Crippen LogP contribution in [-0.4, -0.2) is 20.8 Å². The molecular weight excluding hydrogens is 416 g/mol. The molecule has 168 valence electrons. The van der Waals surface area contributed by atoms with Crippen LogP contribution in [-0.2, 0) is 0 Å². The Morgan fingerprint density at radius 3 is 2.31 bits per heavy atom.